The largest absolute Gasteiger partial charge is 0.480 e. The van der Waals surface area contributed by atoms with Crippen molar-refractivity contribution in [2.45, 2.75) is 114 Å². The predicted molar refractivity (Wildman–Crippen MR) is 216 cm³/mol. The van der Waals surface area contributed by atoms with E-state index in [1.54, 1.807) is 0 Å². The normalized spacial score (nSPS) is 18.3. The van der Waals surface area contributed by atoms with Crippen molar-refractivity contribution in [3.05, 3.63) is 0 Å². The van der Waals surface area contributed by atoms with Gasteiger partial charge in [-0.05, 0) is 72.1 Å². The first-order valence-corrected chi connectivity index (χ1v) is 19.7. The third-order valence-electron chi connectivity index (χ3n) is 9.60. The van der Waals surface area contributed by atoms with Crippen LogP contribution in [0.4, 0.5) is 0 Å². The highest BCUT2D eigenvalue weighted by Gasteiger charge is 2.39. The SMILES string of the molecule is C[C@H](N)C(=O)N[C@@H](C)C(=O)N[C@@H](CCCN=C(N)N)C(=O)N[C@@H](CCCN=C(N)N)C(=O)N1CCC[C@H]1C(=O)N[C@@H](C)C(=O)NCC(=O)N1CCC[C@H]1C(=O)NCC(=O)O. The fourth-order valence-electron chi connectivity index (χ4n) is 6.43. The molecule has 2 aliphatic heterocycles. The smallest absolute Gasteiger partial charge is 0.322 e. The van der Waals surface area contributed by atoms with Crippen molar-refractivity contribution in [2.75, 3.05) is 39.3 Å². The summed E-state index contributed by atoms with van der Waals surface area (Å²) in [6, 6.07) is -7.50. The van der Waals surface area contributed by atoms with E-state index in [-0.39, 0.29) is 70.2 Å². The summed E-state index contributed by atoms with van der Waals surface area (Å²) in [7, 11) is 0. The lowest BCUT2D eigenvalue weighted by Crippen LogP contribution is -2.59. The van der Waals surface area contributed by atoms with Gasteiger partial charge in [0.2, 0.25) is 47.3 Å². The topological polar surface area (TPSA) is 407 Å². The summed E-state index contributed by atoms with van der Waals surface area (Å²) < 4.78 is 0. The molecule has 0 spiro atoms. The van der Waals surface area contributed by atoms with E-state index in [1.165, 1.54) is 30.6 Å². The van der Waals surface area contributed by atoms with E-state index < -0.39 is 109 Å². The number of nitrogens with two attached hydrogens (primary N) is 5. The van der Waals surface area contributed by atoms with Crippen molar-refractivity contribution in [1.29, 1.82) is 0 Å². The summed E-state index contributed by atoms with van der Waals surface area (Å²) in [6.07, 6.45) is 1.98. The molecule has 8 amide bonds. The molecule has 336 valence electrons. The summed E-state index contributed by atoms with van der Waals surface area (Å²) in [4.78, 5) is 126. The molecular formula is C35H61N15O10. The summed E-state index contributed by atoms with van der Waals surface area (Å²) in [6.45, 7) is 3.71. The lowest BCUT2D eigenvalue weighted by Gasteiger charge is -2.30. The highest BCUT2D eigenvalue weighted by molar-refractivity contribution is 5.97. The number of likely N-dealkylation sites (tertiary alicyclic amines) is 2. The second-order valence-electron chi connectivity index (χ2n) is 14.5. The number of carbonyl (C=O) groups excluding carboxylic acids is 8. The second-order valence-corrected chi connectivity index (χ2v) is 14.5. The van der Waals surface area contributed by atoms with Crippen LogP contribution in [0, 0.1) is 0 Å². The van der Waals surface area contributed by atoms with Gasteiger partial charge in [0.1, 0.15) is 42.8 Å². The molecule has 60 heavy (non-hydrogen) atoms. The van der Waals surface area contributed by atoms with E-state index >= 15 is 0 Å². The van der Waals surface area contributed by atoms with Gasteiger partial charge in [-0.3, -0.25) is 53.1 Å². The van der Waals surface area contributed by atoms with E-state index in [2.05, 4.69) is 41.9 Å². The Hall–Kier alpha value is -6.27. The van der Waals surface area contributed by atoms with Crippen LogP contribution in [0.5, 0.6) is 0 Å². The van der Waals surface area contributed by atoms with Gasteiger partial charge in [-0.1, -0.05) is 0 Å². The minimum absolute atomic E-state index is 0.0215. The van der Waals surface area contributed by atoms with Gasteiger partial charge in [0.15, 0.2) is 11.9 Å². The number of hydrogen-bond donors (Lipinski definition) is 12. The maximum Gasteiger partial charge on any atom is 0.322 e. The fraction of sp³-hybridized carbons (Fsp3) is 0.686. The molecule has 0 aromatic heterocycles. The van der Waals surface area contributed by atoms with Crippen molar-refractivity contribution < 1.29 is 48.3 Å². The molecule has 0 aliphatic carbocycles. The average Bonchev–Trinajstić information content (AvgIpc) is 3.88. The molecule has 2 fully saturated rings. The average molecular weight is 852 g/mol. The highest BCUT2D eigenvalue weighted by atomic mass is 16.4. The van der Waals surface area contributed by atoms with Crippen LogP contribution in [0.1, 0.15) is 72.1 Å². The molecule has 25 nitrogen and oxygen atoms in total. The number of carbonyl (C=O) groups is 9. The lowest BCUT2D eigenvalue weighted by molar-refractivity contribution is -0.143. The van der Waals surface area contributed by atoms with Gasteiger partial charge in [-0.2, -0.15) is 0 Å². The third-order valence-corrected chi connectivity index (χ3v) is 9.60. The van der Waals surface area contributed by atoms with Crippen LogP contribution >= 0.6 is 0 Å². The molecule has 0 aromatic carbocycles. The van der Waals surface area contributed by atoms with Crippen LogP contribution < -0.4 is 60.6 Å². The number of nitrogens with zero attached hydrogens (tertiary/aromatic N) is 4. The first kappa shape index (κ1) is 49.9. The van der Waals surface area contributed by atoms with Crippen molar-refractivity contribution in [1.82, 2.24) is 41.7 Å². The monoisotopic (exact) mass is 851 g/mol. The van der Waals surface area contributed by atoms with E-state index in [0.29, 0.717) is 19.3 Å². The molecule has 0 radical (unpaired) electrons. The van der Waals surface area contributed by atoms with Crippen LogP contribution in [-0.4, -0.2) is 162 Å². The molecule has 17 N–H and O–H groups in total. The second kappa shape index (κ2) is 24.6. The van der Waals surface area contributed by atoms with Crippen molar-refractivity contribution in [3.8, 4) is 0 Å². The lowest BCUT2D eigenvalue weighted by atomic mass is 10.1. The number of carboxylic acid groups (broad SMARTS) is 1. The Labute approximate surface area is 347 Å². The number of rotatable bonds is 23. The quantitative estimate of drug-likeness (QED) is 0.0258. The molecule has 2 aliphatic rings. The van der Waals surface area contributed by atoms with Gasteiger partial charge >= 0.3 is 5.97 Å². The Bertz CT molecular complexity index is 1630. The Kier molecular flexibility index (Phi) is 20.5. The van der Waals surface area contributed by atoms with Crippen molar-refractivity contribution in [2.24, 2.45) is 38.7 Å². The Morgan fingerprint density at radius 1 is 0.633 bits per heavy atom. The zero-order chi connectivity index (χ0) is 45.1. The maximum atomic E-state index is 14.1. The minimum Gasteiger partial charge on any atom is -0.480 e. The molecule has 2 heterocycles. The van der Waals surface area contributed by atoms with Crippen LogP contribution in [0.25, 0.3) is 0 Å². The number of nitrogens with one attached hydrogen (secondary N) is 6. The summed E-state index contributed by atoms with van der Waals surface area (Å²) in [5, 5.41) is 23.8. The van der Waals surface area contributed by atoms with Gasteiger partial charge < -0.3 is 75.5 Å². The maximum absolute atomic E-state index is 14.1. The van der Waals surface area contributed by atoms with E-state index in [9.17, 15) is 43.2 Å². The van der Waals surface area contributed by atoms with Crippen molar-refractivity contribution >= 4 is 65.1 Å². The van der Waals surface area contributed by atoms with Crippen LogP contribution in [-0.2, 0) is 43.2 Å². The fourth-order valence-corrected chi connectivity index (χ4v) is 6.43. The van der Waals surface area contributed by atoms with Crippen LogP contribution in [0.2, 0.25) is 0 Å². The molecule has 2 rings (SSSR count). The summed E-state index contributed by atoms with van der Waals surface area (Å²) >= 11 is 0. The molecular weight excluding hydrogens is 790 g/mol. The van der Waals surface area contributed by atoms with Gasteiger partial charge in [0.25, 0.3) is 0 Å². The Morgan fingerprint density at radius 3 is 1.70 bits per heavy atom. The van der Waals surface area contributed by atoms with Gasteiger partial charge in [-0.15, -0.1) is 0 Å². The van der Waals surface area contributed by atoms with E-state index in [4.69, 9.17) is 33.8 Å². The third kappa shape index (κ3) is 16.5. The number of carboxylic acids is 1. The molecule has 0 bridgehead atoms. The van der Waals surface area contributed by atoms with Gasteiger partial charge in [-0.25, -0.2) is 0 Å². The first-order valence-electron chi connectivity index (χ1n) is 19.7. The molecule has 0 saturated carbocycles. The van der Waals surface area contributed by atoms with Crippen molar-refractivity contribution in [3.63, 3.8) is 0 Å². The zero-order valence-electron chi connectivity index (χ0n) is 34.2. The Morgan fingerprint density at radius 2 is 1.15 bits per heavy atom. The molecule has 7 atom stereocenters. The van der Waals surface area contributed by atoms with Crippen LogP contribution in [0.3, 0.4) is 0 Å². The van der Waals surface area contributed by atoms with Gasteiger partial charge in [0.05, 0.1) is 12.6 Å². The number of aliphatic carboxylic acids is 1. The highest BCUT2D eigenvalue weighted by Crippen LogP contribution is 2.21. The number of aliphatic imine (C=N–C) groups is 2. The molecule has 2 saturated heterocycles. The number of hydrogen-bond acceptors (Lipinski definition) is 12. The van der Waals surface area contributed by atoms with Crippen LogP contribution in [0.15, 0.2) is 9.98 Å². The minimum atomic E-state index is -1.24. The number of amides is 8. The van der Waals surface area contributed by atoms with E-state index in [0.717, 1.165) is 0 Å². The molecule has 0 unspecified atom stereocenters. The zero-order valence-corrected chi connectivity index (χ0v) is 34.2. The molecule has 0 aromatic rings. The van der Waals surface area contributed by atoms with E-state index in [1.807, 2.05) is 0 Å². The predicted octanol–water partition coefficient (Wildman–Crippen LogP) is -6.28. The standard InChI is InChI=1S/C35H61N15O10/c1-18(36)27(54)45-20(3)29(56)47-21(8-4-12-41-34(37)38)30(57)48-22(9-5-13-42-35(39)40)33(60)50-15-7-11-24(50)32(59)46-19(2)28(55)43-16-25(51)49-14-6-10-23(49)31(58)44-17-26(52)53/h18-24H,4-17,36H2,1-3H3,(H,43,55)(H,44,58)(H,45,54)(H,46,59)(H,47,56)(H,48,57)(H,52,53)(H4,37,38,41)(H4,39,40,42)/t18-,19-,20-,21-,22-,23-,24-/m0/s1. The summed E-state index contributed by atoms with van der Waals surface area (Å²) in [5.41, 5.74) is 27.3. The molecule has 25 heteroatoms. The summed E-state index contributed by atoms with van der Waals surface area (Å²) in [5.74, 6) is -6.86. The first-order chi connectivity index (χ1) is 28.2. The van der Waals surface area contributed by atoms with Gasteiger partial charge in [0, 0.05) is 26.2 Å². The Balaban J connectivity index is 2.16. The number of guanidine groups is 2.